The molecule has 1 aromatic carbocycles. The van der Waals surface area contributed by atoms with Crippen molar-refractivity contribution in [3.8, 4) is 10.4 Å². The van der Waals surface area contributed by atoms with Gasteiger partial charge in [0.1, 0.15) is 12.1 Å². The summed E-state index contributed by atoms with van der Waals surface area (Å²) in [7, 11) is 0. The lowest BCUT2D eigenvalue weighted by molar-refractivity contribution is -0.137. The van der Waals surface area contributed by atoms with Gasteiger partial charge in [-0.2, -0.15) is 0 Å². The van der Waals surface area contributed by atoms with Gasteiger partial charge in [0.15, 0.2) is 5.13 Å². The summed E-state index contributed by atoms with van der Waals surface area (Å²) in [6.45, 7) is 7.42. The molecule has 3 N–H and O–H groups in total. The number of aromatic nitrogens is 1. The maximum Gasteiger partial charge on any atom is 0.250 e. The third-order valence-electron chi connectivity index (χ3n) is 5.87. The summed E-state index contributed by atoms with van der Waals surface area (Å²) in [5, 5.41) is 15.9. The zero-order valence-corrected chi connectivity index (χ0v) is 20.7. The van der Waals surface area contributed by atoms with Crippen LogP contribution < -0.4 is 10.6 Å². The lowest BCUT2D eigenvalue weighted by Gasteiger charge is -2.26. The molecule has 0 radical (unpaired) electrons. The number of thiazole rings is 1. The lowest BCUT2D eigenvalue weighted by atomic mass is 9.88. The molecule has 3 rings (SSSR count). The Morgan fingerprint density at radius 3 is 2.58 bits per heavy atom. The predicted molar refractivity (Wildman–Crippen MR) is 131 cm³/mol. The van der Waals surface area contributed by atoms with E-state index in [1.165, 1.54) is 30.6 Å². The molecule has 1 heterocycles. The van der Waals surface area contributed by atoms with Gasteiger partial charge in [-0.25, -0.2) is 4.98 Å². The van der Waals surface area contributed by atoms with Crippen LogP contribution in [0.1, 0.15) is 65.4 Å². The summed E-state index contributed by atoms with van der Waals surface area (Å²) in [4.78, 5) is 30.0. The van der Waals surface area contributed by atoms with E-state index in [-0.39, 0.29) is 5.91 Å². The molecule has 1 saturated carbocycles. The number of hydrogen-bond acceptors (Lipinski definition) is 6. The molecule has 1 unspecified atom stereocenters. The minimum Gasteiger partial charge on any atom is -0.383 e. The van der Waals surface area contributed by atoms with Crippen molar-refractivity contribution in [3.63, 3.8) is 0 Å². The van der Waals surface area contributed by atoms with Gasteiger partial charge in [0.25, 0.3) is 0 Å². The highest BCUT2D eigenvalue weighted by atomic mass is 32.1. The highest BCUT2D eigenvalue weighted by Crippen LogP contribution is 2.32. The van der Waals surface area contributed by atoms with Crippen molar-refractivity contribution in [1.82, 2.24) is 10.3 Å². The minimum atomic E-state index is -1.20. The van der Waals surface area contributed by atoms with Crippen LogP contribution >= 0.6 is 11.3 Å². The molecule has 180 valence electrons. The summed E-state index contributed by atoms with van der Waals surface area (Å²) in [5.41, 5.74) is 1.53. The Morgan fingerprint density at radius 1 is 1.18 bits per heavy atom. The maximum atomic E-state index is 12.5. The van der Waals surface area contributed by atoms with Gasteiger partial charge in [-0.15, -0.1) is 0 Å². The Balaban J connectivity index is 1.60. The number of anilines is 1. The zero-order chi connectivity index (χ0) is 24.0. The van der Waals surface area contributed by atoms with E-state index in [0.717, 1.165) is 28.8 Å². The molecule has 8 heteroatoms. The largest absolute Gasteiger partial charge is 0.383 e. The molecule has 1 aliphatic rings. The number of amides is 2. The Bertz CT molecular complexity index is 947. The molecular formula is C25H35N3O4S. The Labute approximate surface area is 200 Å². The van der Waals surface area contributed by atoms with E-state index in [4.69, 9.17) is 4.74 Å². The number of nitrogens with zero attached hydrogens (tertiary/aromatic N) is 1. The zero-order valence-electron chi connectivity index (χ0n) is 19.9. The molecule has 2 amide bonds. The van der Waals surface area contributed by atoms with E-state index >= 15 is 0 Å². The first-order chi connectivity index (χ1) is 15.6. The first-order valence-corrected chi connectivity index (χ1v) is 12.4. The Morgan fingerprint density at radius 2 is 1.88 bits per heavy atom. The molecular weight excluding hydrogens is 438 g/mol. The monoisotopic (exact) mass is 473 g/mol. The van der Waals surface area contributed by atoms with Gasteiger partial charge in [0, 0.05) is 6.20 Å². The van der Waals surface area contributed by atoms with Crippen molar-refractivity contribution in [2.24, 2.45) is 5.41 Å². The van der Waals surface area contributed by atoms with Crippen LogP contribution in [0.3, 0.4) is 0 Å². The topological polar surface area (TPSA) is 101 Å². The summed E-state index contributed by atoms with van der Waals surface area (Å²) in [6, 6.07) is 7.28. The quantitative estimate of drug-likeness (QED) is 0.524. The standard InChI is InChI=1S/C25H35N3O4S/c1-16(27-23(31)21(29)25(2,3)4)22(30)28-24-26-14-20(33-24)19-13-9-8-10-17(19)15-32-18-11-6-5-7-12-18/h8-10,13-14,16,18,21,29H,5-7,11-12,15H2,1-4H3,(H,27,31)(H,26,28,30)/t16-,21?/m0/s1. The third-order valence-corrected chi connectivity index (χ3v) is 6.81. The summed E-state index contributed by atoms with van der Waals surface area (Å²) >= 11 is 1.38. The van der Waals surface area contributed by atoms with Gasteiger partial charge in [-0.3, -0.25) is 9.59 Å². The van der Waals surface area contributed by atoms with Crippen LogP contribution in [0.15, 0.2) is 30.5 Å². The number of aliphatic hydroxyl groups is 1. The predicted octanol–water partition coefficient (Wildman–Crippen LogP) is 4.51. The highest BCUT2D eigenvalue weighted by molar-refractivity contribution is 7.19. The second-order valence-electron chi connectivity index (χ2n) is 9.75. The van der Waals surface area contributed by atoms with E-state index in [1.807, 2.05) is 18.2 Å². The van der Waals surface area contributed by atoms with E-state index in [1.54, 1.807) is 33.9 Å². The van der Waals surface area contributed by atoms with Crippen molar-refractivity contribution < 1.29 is 19.4 Å². The lowest BCUT2D eigenvalue weighted by Crippen LogP contribution is -2.49. The van der Waals surface area contributed by atoms with Crippen molar-refractivity contribution in [1.29, 1.82) is 0 Å². The SMILES string of the molecule is C[C@H](NC(=O)C(O)C(C)(C)C)C(=O)Nc1ncc(-c2ccccc2COC2CCCCC2)s1. The average Bonchev–Trinajstić information content (AvgIpc) is 3.25. The minimum absolute atomic E-state index is 0.330. The molecule has 1 aliphatic carbocycles. The van der Waals surface area contributed by atoms with Crippen LogP contribution in [-0.4, -0.2) is 40.2 Å². The van der Waals surface area contributed by atoms with Gasteiger partial charge in [0.05, 0.1) is 17.6 Å². The summed E-state index contributed by atoms with van der Waals surface area (Å²) in [6.07, 6.45) is 6.89. The molecule has 7 nitrogen and oxygen atoms in total. The third kappa shape index (κ3) is 7.09. The molecule has 2 atom stereocenters. The smallest absolute Gasteiger partial charge is 0.250 e. The van der Waals surface area contributed by atoms with Crippen molar-refractivity contribution in [2.75, 3.05) is 5.32 Å². The Hall–Kier alpha value is -2.29. The number of benzene rings is 1. The fourth-order valence-corrected chi connectivity index (χ4v) is 4.63. The Kier molecular flexibility index (Phi) is 8.62. The number of rotatable bonds is 8. The first kappa shape index (κ1) is 25.3. The molecule has 0 bridgehead atoms. The molecule has 2 aromatic rings. The van der Waals surface area contributed by atoms with Crippen LogP contribution in [-0.2, 0) is 20.9 Å². The van der Waals surface area contributed by atoms with Gasteiger partial charge in [-0.05, 0) is 36.3 Å². The first-order valence-electron chi connectivity index (χ1n) is 11.6. The normalized spacial score (nSPS) is 16.8. The fraction of sp³-hybridized carbons (Fsp3) is 0.560. The van der Waals surface area contributed by atoms with Crippen LogP contribution in [0.2, 0.25) is 0 Å². The molecule has 1 fully saturated rings. The van der Waals surface area contributed by atoms with E-state index in [9.17, 15) is 14.7 Å². The average molecular weight is 474 g/mol. The number of hydrogen-bond donors (Lipinski definition) is 3. The maximum absolute atomic E-state index is 12.5. The van der Waals surface area contributed by atoms with Crippen LogP contribution in [0, 0.1) is 5.41 Å². The number of carbonyl (C=O) groups is 2. The van der Waals surface area contributed by atoms with Crippen molar-refractivity contribution in [3.05, 3.63) is 36.0 Å². The van der Waals surface area contributed by atoms with Gasteiger partial charge in [-0.1, -0.05) is 75.6 Å². The van der Waals surface area contributed by atoms with E-state index in [2.05, 4.69) is 21.7 Å². The van der Waals surface area contributed by atoms with E-state index < -0.39 is 23.5 Å². The molecule has 0 spiro atoms. The van der Waals surface area contributed by atoms with Gasteiger partial charge in [0.2, 0.25) is 11.8 Å². The number of carbonyl (C=O) groups excluding carboxylic acids is 2. The number of aliphatic hydroxyl groups excluding tert-OH is 1. The van der Waals surface area contributed by atoms with Crippen LogP contribution in [0.5, 0.6) is 0 Å². The molecule has 33 heavy (non-hydrogen) atoms. The van der Waals surface area contributed by atoms with Gasteiger partial charge >= 0.3 is 0 Å². The number of ether oxygens (including phenoxy) is 1. The van der Waals surface area contributed by atoms with Crippen LogP contribution in [0.4, 0.5) is 5.13 Å². The molecule has 0 aliphatic heterocycles. The van der Waals surface area contributed by atoms with Gasteiger partial charge < -0.3 is 20.5 Å². The highest BCUT2D eigenvalue weighted by Gasteiger charge is 2.31. The second-order valence-corrected chi connectivity index (χ2v) is 10.8. The number of nitrogens with one attached hydrogen (secondary N) is 2. The van der Waals surface area contributed by atoms with Crippen molar-refractivity contribution >= 4 is 28.3 Å². The molecule has 1 aromatic heterocycles. The van der Waals surface area contributed by atoms with Crippen LogP contribution in [0.25, 0.3) is 10.4 Å². The summed E-state index contributed by atoms with van der Waals surface area (Å²) < 4.78 is 6.17. The molecule has 0 saturated heterocycles. The van der Waals surface area contributed by atoms with Crippen molar-refractivity contribution in [2.45, 2.75) is 84.7 Å². The van der Waals surface area contributed by atoms with E-state index in [0.29, 0.717) is 17.8 Å². The fourth-order valence-electron chi connectivity index (χ4n) is 3.75. The summed E-state index contributed by atoms with van der Waals surface area (Å²) in [5.74, 6) is -0.962. The second kappa shape index (κ2) is 11.2.